The van der Waals surface area contributed by atoms with Gasteiger partial charge in [-0.2, -0.15) is 11.8 Å². The minimum atomic E-state index is 0.708. The first-order valence-corrected chi connectivity index (χ1v) is 6.21. The molecule has 0 amide bonds. The van der Waals surface area contributed by atoms with E-state index in [-0.39, 0.29) is 0 Å². The molecule has 2 saturated heterocycles. The molecule has 1 unspecified atom stereocenters. The largest absolute Gasteiger partial charge is 0.313 e. The van der Waals surface area contributed by atoms with Crippen molar-refractivity contribution in [3.05, 3.63) is 0 Å². The van der Waals surface area contributed by atoms with Crippen LogP contribution in [-0.4, -0.2) is 24.1 Å². The van der Waals surface area contributed by atoms with Gasteiger partial charge in [0.1, 0.15) is 0 Å². The summed E-state index contributed by atoms with van der Waals surface area (Å²) in [5.41, 5.74) is 0.708. The fourth-order valence-electron chi connectivity index (χ4n) is 2.72. The summed E-state index contributed by atoms with van der Waals surface area (Å²) < 4.78 is 0. The Morgan fingerprint density at radius 2 is 2.00 bits per heavy atom. The Labute approximate surface area is 79.7 Å². The van der Waals surface area contributed by atoms with Crippen molar-refractivity contribution in [3.63, 3.8) is 0 Å². The second kappa shape index (κ2) is 3.22. The molecule has 0 saturated carbocycles. The van der Waals surface area contributed by atoms with Crippen LogP contribution in [0.2, 0.25) is 0 Å². The van der Waals surface area contributed by atoms with Crippen LogP contribution in [0.3, 0.4) is 0 Å². The predicted molar refractivity (Wildman–Crippen MR) is 55.6 cm³/mol. The van der Waals surface area contributed by atoms with Crippen LogP contribution < -0.4 is 5.32 Å². The molecule has 2 rings (SSSR count). The highest BCUT2D eigenvalue weighted by Gasteiger charge is 2.47. The number of hydrogen-bond acceptors (Lipinski definition) is 2. The maximum Gasteiger partial charge on any atom is 0.0159 e. The third kappa shape index (κ3) is 1.29. The molecule has 0 bridgehead atoms. The van der Waals surface area contributed by atoms with Gasteiger partial charge in [0.2, 0.25) is 0 Å². The molecule has 2 aliphatic rings. The summed E-state index contributed by atoms with van der Waals surface area (Å²) in [5.74, 6) is 3.61. The van der Waals surface area contributed by atoms with E-state index in [9.17, 15) is 0 Å². The SMILES string of the molecule is CC(C)C1NCC12CCSCC2. The summed E-state index contributed by atoms with van der Waals surface area (Å²) in [6, 6.07) is 0.818. The Balaban J connectivity index is 2.00. The Hall–Kier alpha value is 0.310. The van der Waals surface area contributed by atoms with Gasteiger partial charge in [-0.1, -0.05) is 13.8 Å². The summed E-state index contributed by atoms with van der Waals surface area (Å²) in [6.07, 6.45) is 2.90. The Morgan fingerprint density at radius 1 is 1.33 bits per heavy atom. The second-order valence-electron chi connectivity index (χ2n) is 4.58. The van der Waals surface area contributed by atoms with E-state index in [1.807, 2.05) is 0 Å². The van der Waals surface area contributed by atoms with Gasteiger partial charge in [-0.3, -0.25) is 0 Å². The molecule has 0 aliphatic carbocycles. The molecule has 0 radical (unpaired) electrons. The topological polar surface area (TPSA) is 12.0 Å². The molecule has 0 aromatic heterocycles. The van der Waals surface area contributed by atoms with Crippen molar-refractivity contribution in [1.29, 1.82) is 0 Å². The molecule has 12 heavy (non-hydrogen) atoms. The monoisotopic (exact) mass is 185 g/mol. The van der Waals surface area contributed by atoms with E-state index in [0.717, 1.165) is 12.0 Å². The van der Waals surface area contributed by atoms with Crippen LogP contribution in [0.15, 0.2) is 0 Å². The summed E-state index contributed by atoms with van der Waals surface area (Å²) >= 11 is 2.13. The highest BCUT2D eigenvalue weighted by molar-refractivity contribution is 7.99. The normalized spacial score (nSPS) is 33.8. The zero-order valence-electron chi connectivity index (χ0n) is 8.10. The number of thioether (sulfide) groups is 1. The lowest BCUT2D eigenvalue weighted by atomic mass is 9.65. The first-order chi connectivity index (χ1) is 5.75. The molecular weight excluding hydrogens is 166 g/mol. The quantitative estimate of drug-likeness (QED) is 0.671. The average Bonchev–Trinajstić information content (AvgIpc) is 2.03. The maximum absolute atomic E-state index is 3.60. The molecule has 2 fully saturated rings. The molecule has 2 heterocycles. The Kier molecular flexibility index (Phi) is 2.39. The van der Waals surface area contributed by atoms with E-state index in [1.54, 1.807) is 0 Å². The van der Waals surface area contributed by atoms with Gasteiger partial charge in [0.25, 0.3) is 0 Å². The third-order valence-electron chi connectivity index (χ3n) is 3.49. The van der Waals surface area contributed by atoms with Crippen molar-refractivity contribution in [2.45, 2.75) is 32.7 Å². The van der Waals surface area contributed by atoms with E-state index in [4.69, 9.17) is 0 Å². The summed E-state index contributed by atoms with van der Waals surface area (Å²) in [7, 11) is 0. The molecule has 1 nitrogen and oxygen atoms in total. The lowest BCUT2D eigenvalue weighted by Crippen LogP contribution is -2.65. The molecule has 2 aliphatic heterocycles. The highest BCUT2D eigenvalue weighted by Crippen LogP contribution is 2.44. The van der Waals surface area contributed by atoms with Crippen LogP contribution in [-0.2, 0) is 0 Å². The molecular formula is C10H19NS. The van der Waals surface area contributed by atoms with Crippen molar-refractivity contribution in [2.24, 2.45) is 11.3 Å². The smallest absolute Gasteiger partial charge is 0.0159 e. The Morgan fingerprint density at radius 3 is 2.42 bits per heavy atom. The first kappa shape index (κ1) is 8.89. The van der Waals surface area contributed by atoms with Crippen molar-refractivity contribution in [1.82, 2.24) is 5.32 Å². The summed E-state index contributed by atoms with van der Waals surface area (Å²) in [4.78, 5) is 0. The Bertz CT molecular complexity index is 161. The van der Waals surface area contributed by atoms with E-state index >= 15 is 0 Å². The molecule has 0 aromatic carbocycles. The minimum absolute atomic E-state index is 0.708. The standard InChI is InChI=1S/C10H19NS/c1-8(2)9-10(7-11-9)3-5-12-6-4-10/h8-9,11H,3-7H2,1-2H3. The third-order valence-corrected chi connectivity index (χ3v) is 4.47. The molecule has 1 N–H and O–H groups in total. The van der Waals surface area contributed by atoms with Gasteiger partial charge in [-0.15, -0.1) is 0 Å². The number of hydrogen-bond donors (Lipinski definition) is 1. The van der Waals surface area contributed by atoms with Gasteiger partial charge in [0.15, 0.2) is 0 Å². The highest BCUT2D eigenvalue weighted by atomic mass is 32.2. The molecule has 1 atom stereocenters. The molecule has 70 valence electrons. The van der Waals surface area contributed by atoms with Crippen LogP contribution in [0, 0.1) is 11.3 Å². The van der Waals surface area contributed by atoms with Gasteiger partial charge in [-0.05, 0) is 35.7 Å². The number of nitrogens with one attached hydrogen (secondary N) is 1. The van der Waals surface area contributed by atoms with Gasteiger partial charge >= 0.3 is 0 Å². The molecule has 0 aromatic rings. The van der Waals surface area contributed by atoms with Gasteiger partial charge in [0.05, 0.1) is 0 Å². The zero-order valence-corrected chi connectivity index (χ0v) is 8.91. The van der Waals surface area contributed by atoms with Crippen molar-refractivity contribution >= 4 is 11.8 Å². The lowest BCUT2D eigenvalue weighted by molar-refractivity contribution is 0.0398. The van der Waals surface area contributed by atoms with Crippen LogP contribution in [0.25, 0.3) is 0 Å². The minimum Gasteiger partial charge on any atom is -0.313 e. The molecule has 1 spiro atoms. The van der Waals surface area contributed by atoms with Crippen molar-refractivity contribution < 1.29 is 0 Å². The van der Waals surface area contributed by atoms with Gasteiger partial charge in [-0.25, -0.2) is 0 Å². The summed E-state index contributed by atoms with van der Waals surface area (Å²) in [6.45, 7) is 5.98. The van der Waals surface area contributed by atoms with Crippen LogP contribution in [0.4, 0.5) is 0 Å². The van der Waals surface area contributed by atoms with Crippen molar-refractivity contribution in [2.75, 3.05) is 18.1 Å². The van der Waals surface area contributed by atoms with E-state index in [1.165, 1.54) is 30.9 Å². The fourth-order valence-corrected chi connectivity index (χ4v) is 4.02. The average molecular weight is 185 g/mol. The molecule has 2 heteroatoms. The zero-order chi connectivity index (χ0) is 8.60. The predicted octanol–water partition coefficient (Wildman–Crippen LogP) is 2.13. The van der Waals surface area contributed by atoms with Crippen LogP contribution in [0.1, 0.15) is 26.7 Å². The van der Waals surface area contributed by atoms with E-state index in [0.29, 0.717) is 5.41 Å². The van der Waals surface area contributed by atoms with Crippen LogP contribution >= 0.6 is 11.8 Å². The van der Waals surface area contributed by atoms with Crippen LogP contribution in [0.5, 0.6) is 0 Å². The fraction of sp³-hybridized carbons (Fsp3) is 1.00. The van der Waals surface area contributed by atoms with E-state index in [2.05, 4.69) is 30.9 Å². The van der Waals surface area contributed by atoms with Crippen molar-refractivity contribution in [3.8, 4) is 0 Å². The summed E-state index contributed by atoms with van der Waals surface area (Å²) in [5, 5.41) is 3.60. The maximum atomic E-state index is 3.60. The van der Waals surface area contributed by atoms with E-state index < -0.39 is 0 Å². The first-order valence-electron chi connectivity index (χ1n) is 5.06. The second-order valence-corrected chi connectivity index (χ2v) is 5.80. The number of rotatable bonds is 1. The van der Waals surface area contributed by atoms with Gasteiger partial charge < -0.3 is 5.32 Å². The van der Waals surface area contributed by atoms with Gasteiger partial charge in [0, 0.05) is 12.6 Å². The lowest BCUT2D eigenvalue weighted by Gasteiger charge is -2.54.